The fourth-order valence-electron chi connectivity index (χ4n) is 6.01. The average molecular weight is 534 g/mol. The van der Waals surface area contributed by atoms with Crippen LogP contribution in [0, 0.1) is 5.41 Å². The third-order valence-electron chi connectivity index (χ3n) is 8.34. The van der Waals surface area contributed by atoms with Gasteiger partial charge in [-0.25, -0.2) is 0 Å². The van der Waals surface area contributed by atoms with Gasteiger partial charge in [-0.3, -0.25) is 4.98 Å². The van der Waals surface area contributed by atoms with Gasteiger partial charge in [-0.15, -0.1) is 0 Å². The van der Waals surface area contributed by atoms with Gasteiger partial charge in [0.15, 0.2) is 0 Å². The van der Waals surface area contributed by atoms with Crippen LogP contribution in [0.4, 0.5) is 0 Å². The van der Waals surface area contributed by atoms with Crippen LogP contribution in [0.15, 0.2) is 66.9 Å². The number of fused-ring (bicyclic) bond motifs is 2. The Kier molecular flexibility index (Phi) is 7.16. The smallest absolute Gasteiger partial charge is 0.131 e. The van der Waals surface area contributed by atoms with Gasteiger partial charge in [-0.1, -0.05) is 55.8 Å². The molecule has 6 heteroatoms. The number of hydrogen-bond acceptors (Lipinski definition) is 4. The highest BCUT2D eigenvalue weighted by Crippen LogP contribution is 2.43. The Hall–Kier alpha value is -2.70. The zero-order chi connectivity index (χ0) is 27.1. The van der Waals surface area contributed by atoms with Crippen LogP contribution >= 0.6 is 11.6 Å². The first-order valence-electron chi connectivity index (χ1n) is 13.4. The van der Waals surface area contributed by atoms with Gasteiger partial charge in [-0.05, 0) is 60.9 Å². The van der Waals surface area contributed by atoms with Crippen LogP contribution in [0.25, 0.3) is 5.57 Å². The van der Waals surface area contributed by atoms with Crippen molar-refractivity contribution in [1.82, 2.24) is 4.98 Å². The molecule has 0 spiro atoms. The Morgan fingerprint density at radius 3 is 2.58 bits per heavy atom. The molecule has 5 nitrogen and oxygen atoms in total. The Bertz CT molecular complexity index is 1340. The number of likely N-dealkylation sites (tertiary alicyclic amines) is 1. The van der Waals surface area contributed by atoms with Gasteiger partial charge in [0, 0.05) is 40.6 Å². The molecule has 1 aromatic heterocycles. The van der Waals surface area contributed by atoms with E-state index in [0.29, 0.717) is 18.1 Å². The van der Waals surface area contributed by atoms with Crippen LogP contribution in [0.2, 0.25) is 5.02 Å². The summed E-state index contributed by atoms with van der Waals surface area (Å²) in [5, 5.41) is 23.1. The normalized spacial score (nSPS) is 23.8. The number of hydrogen-bond donors (Lipinski definition) is 3. The first-order valence-corrected chi connectivity index (χ1v) is 13.8. The lowest BCUT2D eigenvalue weighted by atomic mass is 9.66. The van der Waals surface area contributed by atoms with E-state index >= 15 is 0 Å². The zero-order valence-electron chi connectivity index (χ0n) is 22.7. The maximum Gasteiger partial charge on any atom is 0.131 e. The molecule has 200 valence electrons. The SMILES string of the molecule is CC(C)(O)c1ccc2c(c1)/C(=C/CC[NH+]1CC[C@](O)(c3ccc(Cl)cc3)C(C)(C)C1)c1cccnc1CO2. The molecule has 3 N–H and O–H groups in total. The largest absolute Gasteiger partial charge is 0.487 e. The van der Waals surface area contributed by atoms with Gasteiger partial charge in [0.25, 0.3) is 0 Å². The highest BCUT2D eigenvalue weighted by Gasteiger charge is 2.50. The van der Waals surface area contributed by atoms with Gasteiger partial charge in [0.2, 0.25) is 0 Å². The van der Waals surface area contributed by atoms with E-state index in [4.69, 9.17) is 16.3 Å². The van der Waals surface area contributed by atoms with E-state index in [0.717, 1.165) is 65.3 Å². The van der Waals surface area contributed by atoms with E-state index in [9.17, 15) is 10.2 Å². The minimum absolute atomic E-state index is 0.289. The monoisotopic (exact) mass is 533 g/mol. The predicted octanol–water partition coefficient (Wildman–Crippen LogP) is 4.88. The third-order valence-corrected chi connectivity index (χ3v) is 8.59. The number of aromatic nitrogens is 1. The maximum atomic E-state index is 11.7. The van der Waals surface area contributed by atoms with Crippen LogP contribution in [0.5, 0.6) is 5.75 Å². The van der Waals surface area contributed by atoms with E-state index in [-0.39, 0.29) is 5.41 Å². The lowest BCUT2D eigenvalue weighted by molar-refractivity contribution is -0.915. The van der Waals surface area contributed by atoms with E-state index in [1.165, 1.54) is 4.90 Å². The number of piperidine rings is 1. The average Bonchev–Trinajstić information content (AvgIpc) is 3.02. The van der Waals surface area contributed by atoms with Crippen molar-refractivity contribution in [3.8, 4) is 5.75 Å². The molecule has 2 atom stereocenters. The first-order chi connectivity index (χ1) is 18.0. The molecule has 1 unspecified atom stereocenters. The standard InChI is InChI=1S/C32H37ClN2O3/c1-30(2)21-35(18-15-32(30,37)22-9-12-24(33)13-10-22)17-6-8-25-26-7-5-16-34-28(26)20-38-29-14-11-23(19-27(25)29)31(3,4)36/h5,7-14,16,19,36-37H,6,15,17-18,20-21H2,1-4H3/p+1/b25-8+/t32-/m0/s1. The number of halogens is 1. The van der Waals surface area contributed by atoms with Crippen LogP contribution in [0.3, 0.4) is 0 Å². The second-order valence-electron chi connectivity index (χ2n) is 11.9. The lowest BCUT2D eigenvalue weighted by Gasteiger charge is -2.48. The molecular weight excluding hydrogens is 496 g/mol. The number of benzene rings is 2. The van der Waals surface area contributed by atoms with E-state index in [1.807, 2.05) is 48.5 Å². The van der Waals surface area contributed by atoms with Crippen LogP contribution in [-0.4, -0.2) is 34.8 Å². The zero-order valence-corrected chi connectivity index (χ0v) is 23.5. The number of aliphatic hydroxyl groups is 2. The quantitative estimate of drug-likeness (QED) is 0.437. The topological polar surface area (TPSA) is 67.0 Å². The summed E-state index contributed by atoms with van der Waals surface area (Å²) >= 11 is 6.10. The van der Waals surface area contributed by atoms with Gasteiger partial charge in [0.1, 0.15) is 18.0 Å². The molecule has 3 aromatic rings. The highest BCUT2D eigenvalue weighted by atomic mass is 35.5. The fourth-order valence-corrected chi connectivity index (χ4v) is 6.13. The maximum absolute atomic E-state index is 11.7. The molecule has 38 heavy (non-hydrogen) atoms. The summed E-state index contributed by atoms with van der Waals surface area (Å²) < 4.78 is 6.14. The fraction of sp³-hybridized carbons (Fsp3) is 0.406. The molecule has 0 bridgehead atoms. The molecular formula is C32H38ClN2O3+. The molecule has 5 rings (SSSR count). The Morgan fingerprint density at radius 1 is 1.11 bits per heavy atom. The number of pyridine rings is 1. The van der Waals surface area contributed by atoms with Crippen molar-refractivity contribution in [2.24, 2.45) is 5.41 Å². The Morgan fingerprint density at radius 2 is 1.87 bits per heavy atom. The first kappa shape index (κ1) is 26.9. The van der Waals surface area contributed by atoms with Crippen LogP contribution in [0.1, 0.15) is 68.5 Å². The second-order valence-corrected chi connectivity index (χ2v) is 12.3. The summed E-state index contributed by atoms with van der Waals surface area (Å²) in [6, 6.07) is 17.6. The molecule has 0 saturated carbocycles. The van der Waals surface area contributed by atoms with Crippen molar-refractivity contribution < 1.29 is 19.8 Å². The molecule has 2 aliphatic rings. The molecule has 1 saturated heterocycles. The summed E-state index contributed by atoms with van der Waals surface area (Å²) in [5.74, 6) is 0.807. The minimum Gasteiger partial charge on any atom is -0.487 e. The molecule has 2 aliphatic heterocycles. The molecule has 2 aromatic carbocycles. The summed E-state index contributed by atoms with van der Waals surface area (Å²) in [5.41, 5.74) is 3.75. The third kappa shape index (κ3) is 5.13. The second kappa shape index (κ2) is 10.1. The number of ether oxygens (including phenoxy) is 1. The van der Waals surface area contributed by atoms with Gasteiger partial charge in [-0.2, -0.15) is 0 Å². The lowest BCUT2D eigenvalue weighted by Crippen LogP contribution is -3.15. The van der Waals surface area contributed by atoms with Crippen LogP contribution < -0.4 is 9.64 Å². The number of quaternary nitrogens is 1. The Labute approximate surface area is 230 Å². The number of nitrogens with one attached hydrogen (secondary N) is 1. The van der Waals surface area contributed by atoms with Gasteiger partial charge in [0.05, 0.1) is 30.9 Å². The van der Waals surface area contributed by atoms with Crippen LogP contribution in [-0.2, 0) is 17.8 Å². The minimum atomic E-state index is -0.950. The van der Waals surface area contributed by atoms with E-state index < -0.39 is 11.2 Å². The van der Waals surface area contributed by atoms with Crippen molar-refractivity contribution >= 4 is 17.2 Å². The summed E-state index contributed by atoms with van der Waals surface area (Å²) in [7, 11) is 0. The molecule has 0 amide bonds. The highest BCUT2D eigenvalue weighted by molar-refractivity contribution is 6.30. The van der Waals surface area contributed by atoms with Crippen molar-refractivity contribution in [2.45, 2.75) is 58.3 Å². The number of rotatable bonds is 5. The Balaban J connectivity index is 1.39. The summed E-state index contributed by atoms with van der Waals surface area (Å²) in [4.78, 5) is 6.07. The molecule has 3 heterocycles. The van der Waals surface area contributed by atoms with Crippen molar-refractivity contribution in [2.75, 3.05) is 19.6 Å². The van der Waals surface area contributed by atoms with E-state index in [1.54, 1.807) is 20.0 Å². The van der Waals surface area contributed by atoms with Crippen molar-refractivity contribution in [1.29, 1.82) is 0 Å². The molecule has 0 aliphatic carbocycles. The predicted molar refractivity (Wildman–Crippen MR) is 151 cm³/mol. The van der Waals surface area contributed by atoms with Gasteiger partial charge < -0.3 is 19.8 Å². The summed E-state index contributed by atoms with van der Waals surface area (Å²) in [6.45, 7) is 11.1. The van der Waals surface area contributed by atoms with E-state index in [2.05, 4.69) is 31.0 Å². The number of nitrogens with zero attached hydrogens (tertiary/aromatic N) is 1. The molecule has 0 radical (unpaired) electrons. The summed E-state index contributed by atoms with van der Waals surface area (Å²) in [6.07, 6.45) is 5.68. The molecule has 1 fully saturated rings. The van der Waals surface area contributed by atoms with Crippen molar-refractivity contribution in [3.05, 3.63) is 99.8 Å². The van der Waals surface area contributed by atoms with Gasteiger partial charge >= 0.3 is 0 Å². The van der Waals surface area contributed by atoms with Crippen molar-refractivity contribution in [3.63, 3.8) is 0 Å².